The number of rotatable bonds is 6. The quantitative estimate of drug-likeness (QED) is 0.640. The standard InChI is InChI=1S/C14H20N4O3/c1-4-6-7-8-9(19)11-15-12-10(18(11)5-2)13(20)16-14(21)17(12)3/h4-8H2,1-3H3,(H,16,20,21). The van der Waals surface area contributed by atoms with Crippen LogP contribution in [-0.2, 0) is 13.6 Å². The predicted molar refractivity (Wildman–Crippen MR) is 79.7 cm³/mol. The summed E-state index contributed by atoms with van der Waals surface area (Å²) in [5.74, 6) is 0.170. The van der Waals surface area contributed by atoms with E-state index in [9.17, 15) is 14.4 Å². The van der Waals surface area contributed by atoms with Crippen LogP contribution < -0.4 is 11.2 Å². The minimum absolute atomic E-state index is 0.0895. The van der Waals surface area contributed by atoms with E-state index in [4.69, 9.17) is 0 Å². The lowest BCUT2D eigenvalue weighted by Gasteiger charge is -2.04. The first-order valence-electron chi connectivity index (χ1n) is 7.24. The van der Waals surface area contributed by atoms with Gasteiger partial charge in [0.1, 0.15) is 0 Å². The van der Waals surface area contributed by atoms with Gasteiger partial charge in [-0.15, -0.1) is 0 Å². The molecule has 0 aliphatic rings. The summed E-state index contributed by atoms with van der Waals surface area (Å²) in [6.07, 6.45) is 3.23. The van der Waals surface area contributed by atoms with Crippen LogP contribution in [0.5, 0.6) is 0 Å². The van der Waals surface area contributed by atoms with Gasteiger partial charge < -0.3 is 4.57 Å². The number of imidazole rings is 1. The molecule has 2 aromatic rings. The van der Waals surface area contributed by atoms with Crippen molar-refractivity contribution in [2.24, 2.45) is 7.05 Å². The summed E-state index contributed by atoms with van der Waals surface area (Å²) in [7, 11) is 1.53. The van der Waals surface area contributed by atoms with Gasteiger partial charge in [-0.25, -0.2) is 9.78 Å². The largest absolute Gasteiger partial charge is 0.329 e. The number of unbranched alkanes of at least 4 members (excludes halogenated alkanes) is 2. The Hall–Kier alpha value is -2.18. The van der Waals surface area contributed by atoms with E-state index in [0.29, 0.717) is 13.0 Å². The highest BCUT2D eigenvalue weighted by atomic mass is 16.2. The molecule has 0 bridgehead atoms. The fourth-order valence-corrected chi connectivity index (χ4v) is 2.40. The van der Waals surface area contributed by atoms with Gasteiger partial charge in [-0.3, -0.25) is 19.1 Å². The van der Waals surface area contributed by atoms with Crippen molar-refractivity contribution in [3.8, 4) is 0 Å². The van der Waals surface area contributed by atoms with E-state index >= 15 is 0 Å². The molecule has 0 aliphatic heterocycles. The zero-order valence-corrected chi connectivity index (χ0v) is 12.6. The first-order chi connectivity index (χ1) is 10.0. The van der Waals surface area contributed by atoms with Crippen LogP contribution in [-0.4, -0.2) is 24.9 Å². The Morgan fingerprint density at radius 1 is 1.24 bits per heavy atom. The molecule has 0 atom stereocenters. The molecule has 7 heteroatoms. The average molecular weight is 292 g/mol. The molecule has 0 saturated heterocycles. The van der Waals surface area contributed by atoms with Gasteiger partial charge in [-0.05, 0) is 13.3 Å². The lowest BCUT2D eigenvalue weighted by molar-refractivity contribution is 0.0965. The molecule has 114 valence electrons. The number of ketones is 1. The lowest BCUT2D eigenvalue weighted by atomic mass is 10.1. The van der Waals surface area contributed by atoms with Crippen molar-refractivity contribution in [1.82, 2.24) is 19.1 Å². The minimum atomic E-state index is -0.529. The van der Waals surface area contributed by atoms with E-state index < -0.39 is 11.2 Å². The van der Waals surface area contributed by atoms with Crippen LogP contribution in [0, 0.1) is 0 Å². The van der Waals surface area contributed by atoms with Crippen molar-refractivity contribution in [1.29, 1.82) is 0 Å². The second kappa shape index (κ2) is 6.07. The van der Waals surface area contributed by atoms with E-state index in [0.717, 1.165) is 19.3 Å². The third-order valence-electron chi connectivity index (χ3n) is 3.58. The topological polar surface area (TPSA) is 89.8 Å². The van der Waals surface area contributed by atoms with E-state index in [1.165, 1.54) is 11.6 Å². The second-order valence-electron chi connectivity index (χ2n) is 5.05. The highest BCUT2D eigenvalue weighted by Gasteiger charge is 2.20. The molecule has 0 radical (unpaired) electrons. The normalized spacial score (nSPS) is 11.2. The molecule has 21 heavy (non-hydrogen) atoms. The van der Waals surface area contributed by atoms with Crippen molar-refractivity contribution in [3.63, 3.8) is 0 Å². The number of nitrogens with zero attached hydrogens (tertiary/aromatic N) is 3. The summed E-state index contributed by atoms with van der Waals surface area (Å²) < 4.78 is 2.84. The van der Waals surface area contributed by atoms with Gasteiger partial charge in [-0.1, -0.05) is 19.8 Å². The molecule has 2 heterocycles. The first-order valence-corrected chi connectivity index (χ1v) is 7.24. The van der Waals surface area contributed by atoms with Crippen LogP contribution in [0.1, 0.15) is 50.1 Å². The Kier molecular flexibility index (Phi) is 4.40. The number of H-pyrrole nitrogens is 1. The summed E-state index contributed by atoms with van der Waals surface area (Å²) in [5.41, 5.74) is -0.504. The maximum absolute atomic E-state index is 12.3. The molecule has 0 spiro atoms. The van der Waals surface area contributed by atoms with Crippen molar-refractivity contribution in [2.75, 3.05) is 0 Å². The van der Waals surface area contributed by atoms with Crippen LogP contribution in [0.25, 0.3) is 11.2 Å². The number of hydrogen-bond donors (Lipinski definition) is 1. The number of fused-ring (bicyclic) bond motifs is 1. The molecule has 1 N–H and O–H groups in total. The number of carbonyl (C=O) groups excluding carboxylic acids is 1. The number of aryl methyl sites for hydroxylation is 2. The molecule has 0 amide bonds. The molecule has 7 nitrogen and oxygen atoms in total. The summed E-state index contributed by atoms with van der Waals surface area (Å²) in [6.45, 7) is 4.36. The van der Waals surface area contributed by atoms with E-state index in [2.05, 4.69) is 16.9 Å². The van der Waals surface area contributed by atoms with Gasteiger partial charge in [0.25, 0.3) is 5.56 Å². The molecular formula is C14H20N4O3. The fourth-order valence-electron chi connectivity index (χ4n) is 2.40. The fraction of sp³-hybridized carbons (Fsp3) is 0.571. The van der Waals surface area contributed by atoms with E-state index in [1.807, 2.05) is 6.92 Å². The van der Waals surface area contributed by atoms with E-state index in [1.54, 1.807) is 4.57 Å². The maximum Gasteiger partial charge on any atom is 0.329 e. The van der Waals surface area contributed by atoms with Crippen molar-refractivity contribution in [2.45, 2.75) is 46.1 Å². The molecule has 2 aromatic heterocycles. The van der Waals surface area contributed by atoms with Crippen LogP contribution in [0.3, 0.4) is 0 Å². The van der Waals surface area contributed by atoms with Crippen molar-refractivity contribution < 1.29 is 4.79 Å². The Morgan fingerprint density at radius 3 is 2.57 bits per heavy atom. The minimum Gasteiger partial charge on any atom is -0.316 e. The zero-order chi connectivity index (χ0) is 15.6. The number of aromatic nitrogens is 4. The Morgan fingerprint density at radius 2 is 1.95 bits per heavy atom. The summed E-state index contributed by atoms with van der Waals surface area (Å²) in [6, 6.07) is 0. The van der Waals surface area contributed by atoms with Gasteiger partial charge in [0.2, 0.25) is 0 Å². The molecule has 2 rings (SSSR count). The van der Waals surface area contributed by atoms with Crippen LogP contribution >= 0.6 is 0 Å². The maximum atomic E-state index is 12.3. The summed E-state index contributed by atoms with van der Waals surface area (Å²) in [5, 5.41) is 0. The third kappa shape index (κ3) is 2.68. The van der Waals surface area contributed by atoms with Gasteiger partial charge in [-0.2, -0.15) is 0 Å². The summed E-state index contributed by atoms with van der Waals surface area (Å²) >= 11 is 0. The third-order valence-corrected chi connectivity index (χ3v) is 3.58. The number of Topliss-reactive ketones (excluding diaryl/α,β-unsaturated/α-hetero) is 1. The predicted octanol–water partition coefficient (Wildman–Crippen LogP) is 1.21. The number of nitrogens with one attached hydrogen (secondary N) is 1. The van der Waals surface area contributed by atoms with Crippen molar-refractivity contribution in [3.05, 3.63) is 26.7 Å². The Labute approximate surface area is 121 Å². The zero-order valence-electron chi connectivity index (χ0n) is 12.6. The SMILES string of the molecule is CCCCCC(=O)c1nc2c(c(=O)[nH]c(=O)n2C)n1CC. The Balaban J connectivity index is 2.58. The molecular weight excluding hydrogens is 272 g/mol. The molecule has 0 aliphatic carbocycles. The first kappa shape index (κ1) is 15.2. The molecule has 0 aromatic carbocycles. The lowest BCUT2D eigenvalue weighted by Crippen LogP contribution is -2.29. The van der Waals surface area contributed by atoms with Gasteiger partial charge >= 0.3 is 5.69 Å². The molecule has 0 unspecified atom stereocenters. The number of carbonyl (C=O) groups is 1. The van der Waals surface area contributed by atoms with Crippen LogP contribution in [0.15, 0.2) is 9.59 Å². The molecule has 0 fully saturated rings. The van der Waals surface area contributed by atoms with Crippen molar-refractivity contribution >= 4 is 16.9 Å². The monoisotopic (exact) mass is 292 g/mol. The molecule has 0 saturated carbocycles. The van der Waals surface area contributed by atoms with Crippen LogP contribution in [0.2, 0.25) is 0 Å². The average Bonchev–Trinajstić information content (AvgIpc) is 2.85. The van der Waals surface area contributed by atoms with Crippen LogP contribution in [0.4, 0.5) is 0 Å². The summed E-state index contributed by atoms with van der Waals surface area (Å²) in [4.78, 5) is 42.4. The number of hydrogen-bond acceptors (Lipinski definition) is 4. The highest BCUT2D eigenvalue weighted by molar-refractivity contribution is 5.95. The number of aromatic amines is 1. The Bertz CT molecular complexity index is 782. The van der Waals surface area contributed by atoms with Gasteiger partial charge in [0, 0.05) is 20.0 Å². The highest BCUT2D eigenvalue weighted by Crippen LogP contribution is 2.14. The van der Waals surface area contributed by atoms with Gasteiger partial charge in [0.15, 0.2) is 22.8 Å². The smallest absolute Gasteiger partial charge is 0.316 e. The second-order valence-corrected chi connectivity index (χ2v) is 5.05. The van der Waals surface area contributed by atoms with E-state index in [-0.39, 0.29) is 22.8 Å². The van der Waals surface area contributed by atoms with Gasteiger partial charge in [0.05, 0.1) is 0 Å².